The maximum Gasteiger partial charge on any atom is 0.420 e. The van der Waals surface area contributed by atoms with Crippen LogP contribution in [0.1, 0.15) is 0 Å². The summed E-state index contributed by atoms with van der Waals surface area (Å²) in [5, 5.41) is 0. The molecular formula is C120H87B3N12. The Hall–Kier alpha value is -17.8. The number of para-hydroxylation sites is 9. The zero-order valence-electron chi connectivity index (χ0n) is 73.8. The lowest BCUT2D eigenvalue weighted by molar-refractivity contribution is 1.18. The van der Waals surface area contributed by atoms with E-state index in [1.54, 1.807) is 0 Å². The Morgan fingerprint density at radius 3 is 0.556 bits per heavy atom. The van der Waals surface area contributed by atoms with Gasteiger partial charge in [0, 0.05) is 84.2 Å². The zero-order chi connectivity index (χ0) is 90.0. The van der Waals surface area contributed by atoms with Gasteiger partial charge in [0.1, 0.15) is 0 Å². The smallest absolute Gasteiger partial charge is 0.360 e. The summed E-state index contributed by atoms with van der Waals surface area (Å²) in [6.07, 6.45) is 0. The van der Waals surface area contributed by atoms with Gasteiger partial charge in [-0.2, -0.15) is 0 Å². The predicted octanol–water partition coefficient (Wildman–Crippen LogP) is 27.5. The van der Waals surface area contributed by atoms with Crippen molar-refractivity contribution in [2.24, 2.45) is 0 Å². The molecule has 0 fully saturated rings. The van der Waals surface area contributed by atoms with Gasteiger partial charge in [0.05, 0.1) is 68.3 Å². The second-order valence-corrected chi connectivity index (χ2v) is 33.3. The Bertz CT molecular complexity index is 7140. The molecule has 24 rings (SSSR count). The third-order valence-electron chi connectivity index (χ3n) is 24.9. The topological polar surface area (TPSA) is 96.8 Å². The van der Waals surface area contributed by atoms with Crippen LogP contribution in [-0.2, 0) is 0 Å². The molecular weight excluding hydrogens is 1640 g/mol. The number of nitrogens with zero attached hydrogens (tertiary/aromatic N) is 12. The van der Waals surface area contributed by atoms with Crippen LogP contribution in [-0.4, -0.2) is 50.9 Å². The molecule has 15 heteroatoms. The Morgan fingerprint density at radius 1 is 0.126 bits per heavy atom. The van der Waals surface area contributed by atoms with E-state index in [2.05, 4.69) is 447 Å². The van der Waals surface area contributed by atoms with E-state index in [0.29, 0.717) is 17.5 Å². The number of hydrogen-bond donors (Lipinski definition) is 0. The molecule has 12 nitrogen and oxygen atoms in total. The lowest BCUT2D eigenvalue weighted by Gasteiger charge is -2.30. The molecule has 3 aliphatic heterocycles. The summed E-state index contributed by atoms with van der Waals surface area (Å²) < 4.78 is 0. The van der Waals surface area contributed by atoms with E-state index in [0.717, 1.165) is 130 Å². The number of rotatable bonds is 18. The Balaban J connectivity index is 0.000000118. The van der Waals surface area contributed by atoms with E-state index >= 15 is 0 Å². The molecule has 0 aliphatic carbocycles. The van der Waals surface area contributed by atoms with Crippen molar-refractivity contribution >= 4 is 106 Å². The number of hydrogen-bond acceptors (Lipinski definition) is 12. The van der Waals surface area contributed by atoms with Crippen molar-refractivity contribution in [2.75, 3.05) is 28.9 Å². The molecule has 0 atom stereocenters. The van der Waals surface area contributed by atoms with Crippen LogP contribution in [0.25, 0.3) is 102 Å². The van der Waals surface area contributed by atoms with Crippen LogP contribution >= 0.6 is 0 Å². The van der Waals surface area contributed by atoms with E-state index in [1.165, 1.54) is 39.1 Å². The molecule has 0 saturated heterocycles. The van der Waals surface area contributed by atoms with E-state index in [9.17, 15) is 0 Å². The Morgan fingerprint density at radius 2 is 0.296 bits per heavy atom. The summed E-state index contributed by atoms with van der Waals surface area (Å²) in [6.45, 7) is -0.184. The quantitative estimate of drug-likeness (QED) is 0.0766. The monoisotopic (exact) mass is 1730 g/mol. The summed E-state index contributed by atoms with van der Waals surface area (Å²) in [4.78, 5) is 44.8. The fourth-order valence-electron chi connectivity index (χ4n) is 18.6. The first-order valence-corrected chi connectivity index (χ1v) is 45.6. The van der Waals surface area contributed by atoms with Crippen molar-refractivity contribution in [1.29, 1.82) is 0 Å². The highest BCUT2D eigenvalue weighted by atomic mass is 15.3. The van der Waals surface area contributed by atoms with E-state index in [1.807, 2.05) is 109 Å². The van der Waals surface area contributed by atoms with Crippen LogP contribution in [0.4, 0.5) is 68.2 Å². The van der Waals surface area contributed by atoms with Gasteiger partial charge in [-0.05, 0) is 156 Å². The van der Waals surface area contributed by atoms with Gasteiger partial charge in [-0.25, -0.2) is 29.9 Å². The average molecular weight is 1730 g/mol. The number of anilines is 12. The van der Waals surface area contributed by atoms with Crippen LogP contribution in [0.15, 0.2) is 528 Å². The van der Waals surface area contributed by atoms with E-state index < -0.39 is 0 Å². The summed E-state index contributed by atoms with van der Waals surface area (Å²) in [6, 6.07) is 184. The van der Waals surface area contributed by atoms with Gasteiger partial charge in [-0.15, -0.1) is 0 Å². The molecule has 135 heavy (non-hydrogen) atoms. The van der Waals surface area contributed by atoms with Crippen LogP contribution in [0.5, 0.6) is 0 Å². The van der Waals surface area contributed by atoms with E-state index in [4.69, 9.17) is 29.9 Å². The number of benzene rings is 18. The fourth-order valence-corrected chi connectivity index (χ4v) is 18.6. The first-order valence-electron chi connectivity index (χ1n) is 45.6. The number of aromatic nitrogens is 6. The molecule has 3 aromatic heterocycles. The maximum atomic E-state index is 5.11. The van der Waals surface area contributed by atoms with Crippen LogP contribution in [0.3, 0.4) is 0 Å². The van der Waals surface area contributed by atoms with Gasteiger partial charge in [0.2, 0.25) is 0 Å². The minimum absolute atomic E-state index is 0.0507. The van der Waals surface area contributed by atoms with Gasteiger partial charge in [0.25, 0.3) is 0 Å². The zero-order valence-corrected chi connectivity index (χ0v) is 73.8. The largest absolute Gasteiger partial charge is 0.420 e. The average Bonchev–Trinajstić information content (AvgIpc) is 1.59. The Kier molecular flexibility index (Phi) is 23.4. The summed E-state index contributed by atoms with van der Waals surface area (Å²) in [7, 11) is 0. The molecule has 0 saturated carbocycles. The van der Waals surface area contributed by atoms with Crippen LogP contribution in [0, 0.1) is 0 Å². The molecule has 0 N–H and O–H groups in total. The highest BCUT2D eigenvalue weighted by molar-refractivity contribution is 6.86. The predicted molar refractivity (Wildman–Crippen MR) is 562 cm³/mol. The normalized spacial score (nSPS) is 12.3. The lowest BCUT2D eigenvalue weighted by Crippen LogP contribution is -2.53. The summed E-state index contributed by atoms with van der Waals surface area (Å²) in [5.74, 6) is 2.13. The van der Waals surface area contributed by atoms with Crippen LogP contribution < -0.4 is 45.3 Å². The molecule has 0 radical (unpaired) electrons. The van der Waals surface area contributed by atoms with Crippen molar-refractivity contribution in [1.82, 2.24) is 29.9 Å². The lowest BCUT2D eigenvalue weighted by atomic mass is 9.64. The summed E-state index contributed by atoms with van der Waals surface area (Å²) >= 11 is 0. The minimum Gasteiger partial charge on any atom is -0.360 e. The molecule has 21 aromatic rings. The highest BCUT2D eigenvalue weighted by Crippen LogP contribution is 2.51. The summed E-state index contributed by atoms with van der Waals surface area (Å²) in [5.41, 5.74) is 32.1. The highest BCUT2D eigenvalue weighted by Gasteiger charge is 2.47. The molecule has 0 spiro atoms. The third-order valence-corrected chi connectivity index (χ3v) is 24.9. The first-order chi connectivity index (χ1) is 67.0. The van der Waals surface area contributed by atoms with Crippen molar-refractivity contribution in [3.63, 3.8) is 0 Å². The molecule has 0 bridgehead atoms. The number of fused-ring (bicyclic) bond motifs is 3. The van der Waals surface area contributed by atoms with Crippen molar-refractivity contribution in [3.8, 4) is 102 Å². The maximum absolute atomic E-state index is 5.11. The van der Waals surface area contributed by atoms with Gasteiger partial charge < -0.3 is 28.9 Å². The molecule has 6 heterocycles. The van der Waals surface area contributed by atoms with Gasteiger partial charge in [-0.1, -0.05) is 388 Å². The standard InChI is InChI=1S/3C40H29BN4/c1-5-16-30(17-6-1)36-29-37(43-40(42-36)31-18-7-2-8-19-31)32-20-15-25-35(28-32)45-39-27-14-13-26-38(39)44(34-23-11-4-12-24-34)41(45)33-21-9-3-10-22-33;1-5-15-30(16-6-1)36-29-37(43-40(42-36)32-17-7-2-8-18-32)31-25-27-35(28-26-31)45-39-24-14-13-23-38(39)44(34-21-11-4-12-22-34)41(45)33-19-9-3-10-20-33;1-5-15-30(16-6-1)36-29-37(31-17-7-2-8-18-31)43-40(42-36)32-25-27-35(28-26-32)45-39-24-14-13-23-38(39)44(34-21-11-4-12-22-34)41(45)33-19-9-3-10-20-33/h3*1-29H. The van der Waals surface area contributed by atoms with Crippen molar-refractivity contribution in [2.45, 2.75) is 0 Å². The van der Waals surface area contributed by atoms with Gasteiger partial charge in [0.15, 0.2) is 17.5 Å². The molecule has 3 aliphatic rings. The fraction of sp³-hybridized carbons (Fsp3) is 0. The van der Waals surface area contributed by atoms with E-state index in [-0.39, 0.29) is 20.9 Å². The Labute approximate surface area is 788 Å². The second kappa shape index (κ2) is 38.1. The third kappa shape index (κ3) is 17.2. The van der Waals surface area contributed by atoms with Crippen LogP contribution in [0.2, 0.25) is 0 Å². The van der Waals surface area contributed by atoms with Gasteiger partial charge in [-0.3, -0.25) is 0 Å². The van der Waals surface area contributed by atoms with Crippen molar-refractivity contribution in [3.05, 3.63) is 528 Å². The molecule has 0 unspecified atom stereocenters. The second-order valence-electron chi connectivity index (χ2n) is 33.3. The first kappa shape index (κ1) is 82.9. The van der Waals surface area contributed by atoms with Crippen molar-refractivity contribution < 1.29 is 0 Å². The van der Waals surface area contributed by atoms with Gasteiger partial charge >= 0.3 is 20.9 Å². The molecule has 636 valence electrons. The SMILES string of the molecule is c1ccc(B2N(c3ccccc3)c3ccccc3N2c2ccc(-c3cc(-c4ccccc4)nc(-c4ccccc4)n3)cc2)cc1.c1ccc(B2N(c3ccccc3)c3ccccc3N2c2ccc(-c3nc(-c4ccccc4)cc(-c4ccccc4)n3)cc2)cc1.c1ccc(B2N(c3ccccc3)c3ccccc3N2c2cccc(-c3cc(-c4ccccc4)nc(-c4ccccc4)n3)c2)cc1. The molecule has 0 amide bonds. The molecule has 18 aromatic carbocycles. The minimum atomic E-state index is -0.0774.